The molecule has 1 rings (SSSR count). The third-order valence-corrected chi connectivity index (χ3v) is 3.35. The molecule has 1 unspecified atom stereocenters. The molecule has 0 radical (unpaired) electrons. The molecule has 0 aliphatic rings. The minimum absolute atomic E-state index is 0.0935. The summed E-state index contributed by atoms with van der Waals surface area (Å²) in [7, 11) is 0. The predicted octanol–water partition coefficient (Wildman–Crippen LogP) is 3.55. The van der Waals surface area contributed by atoms with Gasteiger partial charge in [0.2, 0.25) is 0 Å². The van der Waals surface area contributed by atoms with Crippen LogP contribution < -0.4 is 5.32 Å². The number of carbonyl (C=O) groups is 2. The molecule has 0 fully saturated rings. The van der Waals surface area contributed by atoms with E-state index >= 15 is 0 Å². The SMILES string of the molecule is CC(C)CCC(=O)OC(C)C(=O)Nc1cc([N+](=O)[O-])ccc1Cl. The number of nitrogens with one attached hydrogen (secondary N) is 1. The van der Waals surface area contributed by atoms with E-state index in [1.807, 2.05) is 13.8 Å². The van der Waals surface area contributed by atoms with Crippen molar-refractivity contribution in [1.29, 1.82) is 0 Å². The fraction of sp³-hybridized carbons (Fsp3) is 0.467. The van der Waals surface area contributed by atoms with Crippen LogP contribution in [0.5, 0.6) is 0 Å². The molecular weight excluding hydrogens is 324 g/mol. The number of nitro benzene ring substituents is 1. The van der Waals surface area contributed by atoms with Gasteiger partial charge in [0.15, 0.2) is 6.10 Å². The fourth-order valence-corrected chi connectivity index (χ4v) is 1.84. The van der Waals surface area contributed by atoms with Crippen LogP contribution >= 0.6 is 11.6 Å². The molecule has 7 nitrogen and oxygen atoms in total. The van der Waals surface area contributed by atoms with E-state index in [2.05, 4.69) is 5.32 Å². The minimum atomic E-state index is -1.02. The second-order valence-electron chi connectivity index (χ2n) is 5.48. The van der Waals surface area contributed by atoms with Gasteiger partial charge in [0.25, 0.3) is 11.6 Å². The number of hydrogen-bond donors (Lipinski definition) is 1. The van der Waals surface area contributed by atoms with Crippen LogP contribution in [0.2, 0.25) is 5.02 Å². The van der Waals surface area contributed by atoms with E-state index in [9.17, 15) is 19.7 Å². The zero-order valence-electron chi connectivity index (χ0n) is 13.2. The number of rotatable bonds is 7. The zero-order valence-corrected chi connectivity index (χ0v) is 13.9. The van der Waals surface area contributed by atoms with Gasteiger partial charge >= 0.3 is 5.97 Å². The maximum absolute atomic E-state index is 12.0. The molecule has 0 aliphatic carbocycles. The van der Waals surface area contributed by atoms with Gasteiger partial charge in [-0.25, -0.2) is 0 Å². The van der Waals surface area contributed by atoms with Crippen molar-refractivity contribution in [3.63, 3.8) is 0 Å². The van der Waals surface area contributed by atoms with Crippen molar-refractivity contribution in [2.45, 2.75) is 39.7 Å². The molecule has 0 saturated heterocycles. The third kappa shape index (κ3) is 6.23. The van der Waals surface area contributed by atoms with E-state index in [0.29, 0.717) is 12.3 Å². The van der Waals surface area contributed by atoms with Gasteiger partial charge in [-0.05, 0) is 25.3 Å². The average Bonchev–Trinajstić information content (AvgIpc) is 2.46. The highest BCUT2D eigenvalue weighted by Gasteiger charge is 2.20. The van der Waals surface area contributed by atoms with E-state index in [-0.39, 0.29) is 22.8 Å². The van der Waals surface area contributed by atoms with Crippen LogP contribution in [0, 0.1) is 16.0 Å². The monoisotopic (exact) mass is 342 g/mol. The molecular formula is C15H19ClN2O5. The molecule has 1 aromatic carbocycles. The molecule has 1 amide bonds. The number of nitro groups is 1. The molecule has 0 aliphatic heterocycles. The summed E-state index contributed by atoms with van der Waals surface area (Å²) < 4.78 is 5.02. The predicted molar refractivity (Wildman–Crippen MR) is 86.4 cm³/mol. The number of carbonyl (C=O) groups excluding carboxylic acids is 2. The maximum atomic E-state index is 12.0. The molecule has 1 N–H and O–H groups in total. The number of nitrogens with zero attached hydrogens (tertiary/aromatic N) is 1. The second-order valence-corrected chi connectivity index (χ2v) is 5.88. The van der Waals surface area contributed by atoms with Crippen LogP contribution in [0.1, 0.15) is 33.6 Å². The van der Waals surface area contributed by atoms with Crippen LogP contribution in [-0.2, 0) is 14.3 Å². The number of ether oxygens (including phenoxy) is 1. The first-order valence-electron chi connectivity index (χ1n) is 7.15. The van der Waals surface area contributed by atoms with Gasteiger partial charge in [0, 0.05) is 18.6 Å². The van der Waals surface area contributed by atoms with Crippen molar-refractivity contribution in [3.8, 4) is 0 Å². The highest BCUT2D eigenvalue weighted by molar-refractivity contribution is 6.33. The van der Waals surface area contributed by atoms with Crippen molar-refractivity contribution in [2.75, 3.05) is 5.32 Å². The van der Waals surface area contributed by atoms with Crippen molar-refractivity contribution in [2.24, 2.45) is 5.92 Å². The standard InChI is InChI=1S/C15H19ClN2O5/c1-9(2)4-7-14(19)23-10(3)15(20)17-13-8-11(18(21)22)5-6-12(13)16/h5-6,8-10H,4,7H2,1-3H3,(H,17,20). The highest BCUT2D eigenvalue weighted by atomic mass is 35.5. The van der Waals surface area contributed by atoms with Gasteiger partial charge in [-0.1, -0.05) is 25.4 Å². The molecule has 126 valence electrons. The number of anilines is 1. The summed E-state index contributed by atoms with van der Waals surface area (Å²) in [4.78, 5) is 33.8. The molecule has 0 saturated carbocycles. The number of amides is 1. The summed E-state index contributed by atoms with van der Waals surface area (Å²) >= 11 is 5.89. The normalized spacial score (nSPS) is 11.9. The van der Waals surface area contributed by atoms with Crippen LogP contribution in [0.3, 0.4) is 0 Å². The van der Waals surface area contributed by atoms with E-state index < -0.39 is 22.9 Å². The molecule has 0 spiro atoms. The Hall–Kier alpha value is -2.15. The quantitative estimate of drug-likeness (QED) is 0.464. The zero-order chi connectivity index (χ0) is 17.6. The topological polar surface area (TPSA) is 98.5 Å². The van der Waals surface area contributed by atoms with Gasteiger partial charge in [-0.15, -0.1) is 0 Å². The molecule has 23 heavy (non-hydrogen) atoms. The van der Waals surface area contributed by atoms with E-state index in [1.54, 1.807) is 0 Å². The lowest BCUT2D eigenvalue weighted by Crippen LogP contribution is -2.30. The van der Waals surface area contributed by atoms with Crippen LogP contribution in [0.25, 0.3) is 0 Å². The summed E-state index contributed by atoms with van der Waals surface area (Å²) in [6, 6.07) is 3.69. The average molecular weight is 343 g/mol. The maximum Gasteiger partial charge on any atom is 0.306 e. The molecule has 0 bridgehead atoms. The number of hydrogen-bond acceptors (Lipinski definition) is 5. The minimum Gasteiger partial charge on any atom is -0.453 e. The molecule has 1 atom stereocenters. The summed E-state index contributed by atoms with van der Waals surface area (Å²) in [5.41, 5.74) is -0.109. The van der Waals surface area contributed by atoms with Crippen LogP contribution in [0.4, 0.5) is 11.4 Å². The Bertz CT molecular complexity index is 604. The van der Waals surface area contributed by atoms with Gasteiger partial charge in [0.1, 0.15) is 0 Å². The Labute approximate surface area is 139 Å². The Kier molecular flexibility index (Phi) is 6.96. The lowest BCUT2D eigenvalue weighted by Gasteiger charge is -2.14. The van der Waals surface area contributed by atoms with Gasteiger partial charge < -0.3 is 10.1 Å². The van der Waals surface area contributed by atoms with E-state index in [0.717, 1.165) is 6.07 Å². The smallest absolute Gasteiger partial charge is 0.306 e. The van der Waals surface area contributed by atoms with E-state index in [4.69, 9.17) is 16.3 Å². The molecule has 0 aromatic heterocycles. The first-order valence-corrected chi connectivity index (χ1v) is 7.52. The third-order valence-electron chi connectivity index (χ3n) is 3.02. The highest BCUT2D eigenvalue weighted by Crippen LogP contribution is 2.26. The van der Waals surface area contributed by atoms with Crippen molar-refractivity contribution >= 4 is 34.9 Å². The first-order chi connectivity index (χ1) is 10.7. The van der Waals surface area contributed by atoms with Gasteiger partial charge in [-0.2, -0.15) is 0 Å². The summed E-state index contributed by atoms with van der Waals surface area (Å²) in [5.74, 6) is -0.716. The van der Waals surface area contributed by atoms with Crippen LogP contribution in [0.15, 0.2) is 18.2 Å². The van der Waals surface area contributed by atoms with E-state index in [1.165, 1.54) is 19.1 Å². The van der Waals surface area contributed by atoms with Gasteiger partial charge in [-0.3, -0.25) is 19.7 Å². The van der Waals surface area contributed by atoms with Crippen molar-refractivity contribution in [1.82, 2.24) is 0 Å². The Morgan fingerprint density at radius 3 is 2.57 bits per heavy atom. The lowest BCUT2D eigenvalue weighted by molar-refractivity contribution is -0.384. The Morgan fingerprint density at radius 2 is 2.00 bits per heavy atom. The number of benzene rings is 1. The summed E-state index contributed by atoms with van der Waals surface area (Å²) in [6.45, 7) is 5.38. The number of esters is 1. The summed E-state index contributed by atoms with van der Waals surface area (Å²) in [5, 5.41) is 13.3. The lowest BCUT2D eigenvalue weighted by atomic mass is 10.1. The van der Waals surface area contributed by atoms with Crippen molar-refractivity contribution < 1.29 is 19.2 Å². The second kappa shape index (κ2) is 8.47. The van der Waals surface area contributed by atoms with Crippen LogP contribution in [-0.4, -0.2) is 22.9 Å². The molecule has 1 aromatic rings. The fourth-order valence-electron chi connectivity index (χ4n) is 1.67. The first kappa shape index (κ1) is 18.9. The molecule has 0 heterocycles. The largest absolute Gasteiger partial charge is 0.453 e. The Balaban J connectivity index is 2.66. The number of halogens is 1. The van der Waals surface area contributed by atoms with Crippen molar-refractivity contribution in [3.05, 3.63) is 33.3 Å². The molecule has 8 heteroatoms. The number of non-ortho nitro benzene ring substituents is 1. The Morgan fingerprint density at radius 1 is 1.35 bits per heavy atom. The van der Waals surface area contributed by atoms with Gasteiger partial charge in [0.05, 0.1) is 15.6 Å². The summed E-state index contributed by atoms with van der Waals surface area (Å²) in [6.07, 6.45) is -0.124.